The van der Waals surface area contributed by atoms with Crippen molar-refractivity contribution in [3.05, 3.63) is 28.8 Å². The van der Waals surface area contributed by atoms with Gasteiger partial charge in [-0.1, -0.05) is 0 Å². The van der Waals surface area contributed by atoms with Crippen LogP contribution >= 0.6 is 0 Å². The van der Waals surface area contributed by atoms with Crippen molar-refractivity contribution in [1.29, 1.82) is 0 Å². The molecule has 0 aromatic heterocycles. The van der Waals surface area contributed by atoms with E-state index in [2.05, 4.69) is 4.90 Å². The molecule has 5 heteroatoms. The zero-order valence-corrected chi connectivity index (χ0v) is 14.6. The number of methoxy groups -OCH3 is 1. The third-order valence-electron chi connectivity index (χ3n) is 4.62. The third kappa shape index (κ3) is 4.03. The molecule has 0 spiro atoms. The minimum Gasteiger partial charge on any atom is -0.496 e. The largest absolute Gasteiger partial charge is 0.496 e. The molecule has 1 atom stereocenters. The van der Waals surface area contributed by atoms with Crippen LogP contribution in [0.5, 0.6) is 5.75 Å². The third-order valence-corrected chi connectivity index (χ3v) is 4.62. The Hall–Kier alpha value is -1.59. The molecule has 1 amide bonds. The lowest BCUT2D eigenvalue weighted by atomic mass is 10.0. The Balaban J connectivity index is 2.12. The van der Waals surface area contributed by atoms with Crippen LogP contribution in [0.1, 0.15) is 34.8 Å². The molecule has 2 rings (SSSR count). The Morgan fingerprint density at radius 3 is 2.43 bits per heavy atom. The number of hydrogen-bond donors (Lipinski definition) is 1. The molecule has 0 saturated carbocycles. The van der Waals surface area contributed by atoms with E-state index in [1.807, 2.05) is 37.8 Å². The Morgan fingerprint density at radius 1 is 1.22 bits per heavy atom. The average molecular weight is 320 g/mol. The number of aliphatic hydroxyl groups is 1. The van der Waals surface area contributed by atoms with E-state index in [1.165, 1.54) is 0 Å². The molecule has 1 saturated heterocycles. The fourth-order valence-electron chi connectivity index (χ4n) is 3.28. The summed E-state index contributed by atoms with van der Waals surface area (Å²) in [4.78, 5) is 17.0. The van der Waals surface area contributed by atoms with Gasteiger partial charge in [0.05, 0.1) is 13.7 Å². The topological polar surface area (TPSA) is 53.0 Å². The Morgan fingerprint density at radius 2 is 1.87 bits per heavy atom. The number of aliphatic hydroxyl groups excluding tert-OH is 1. The second-order valence-electron chi connectivity index (χ2n) is 6.36. The van der Waals surface area contributed by atoms with Crippen LogP contribution in [0, 0.1) is 13.8 Å². The summed E-state index contributed by atoms with van der Waals surface area (Å²) in [6.07, 6.45) is 0.935. The van der Waals surface area contributed by atoms with Crippen LogP contribution in [-0.4, -0.2) is 66.8 Å². The van der Waals surface area contributed by atoms with E-state index in [0.29, 0.717) is 6.54 Å². The molecule has 128 valence electrons. The maximum atomic E-state index is 12.8. The molecule has 1 aromatic carbocycles. The standard InChI is InChI=1S/C18H28N2O3/c1-13-10-16(11-14(2)17(13)23-4)18(22)20-7-5-6-19(8-9-20)15(3)12-21/h10-11,15,21H,5-9,12H2,1-4H3. The van der Waals surface area contributed by atoms with Gasteiger partial charge in [-0.3, -0.25) is 9.69 Å². The van der Waals surface area contributed by atoms with Gasteiger partial charge in [-0.05, 0) is 50.5 Å². The molecule has 0 radical (unpaired) electrons. The highest BCUT2D eigenvalue weighted by Crippen LogP contribution is 2.25. The van der Waals surface area contributed by atoms with E-state index in [-0.39, 0.29) is 18.6 Å². The van der Waals surface area contributed by atoms with Crippen LogP contribution in [0.25, 0.3) is 0 Å². The number of carbonyl (C=O) groups excluding carboxylic acids is 1. The monoisotopic (exact) mass is 320 g/mol. The van der Waals surface area contributed by atoms with Crippen LogP contribution in [0.2, 0.25) is 0 Å². The van der Waals surface area contributed by atoms with Crippen molar-refractivity contribution in [3.63, 3.8) is 0 Å². The minimum absolute atomic E-state index is 0.0809. The first-order chi connectivity index (χ1) is 11.0. The summed E-state index contributed by atoms with van der Waals surface area (Å²) < 4.78 is 5.37. The van der Waals surface area contributed by atoms with Gasteiger partial charge < -0.3 is 14.7 Å². The van der Waals surface area contributed by atoms with Crippen LogP contribution in [-0.2, 0) is 0 Å². The Labute approximate surface area is 138 Å². The zero-order valence-electron chi connectivity index (χ0n) is 14.6. The van der Waals surface area contributed by atoms with Gasteiger partial charge in [0.15, 0.2) is 0 Å². The molecular formula is C18H28N2O3. The molecule has 5 nitrogen and oxygen atoms in total. The van der Waals surface area contributed by atoms with Gasteiger partial charge in [-0.15, -0.1) is 0 Å². The predicted molar refractivity (Wildman–Crippen MR) is 91.1 cm³/mol. The maximum absolute atomic E-state index is 12.8. The van der Waals surface area contributed by atoms with E-state index < -0.39 is 0 Å². The summed E-state index contributed by atoms with van der Waals surface area (Å²) in [5.41, 5.74) is 2.70. The molecular weight excluding hydrogens is 292 g/mol. The SMILES string of the molecule is COc1c(C)cc(C(=O)N2CCCN(C(C)CO)CC2)cc1C. The summed E-state index contributed by atoms with van der Waals surface area (Å²) in [6, 6.07) is 3.97. The fraction of sp³-hybridized carbons (Fsp3) is 0.611. The van der Waals surface area contributed by atoms with E-state index in [0.717, 1.165) is 48.5 Å². The molecule has 1 aliphatic rings. The minimum atomic E-state index is 0.0809. The van der Waals surface area contributed by atoms with Crippen molar-refractivity contribution in [2.45, 2.75) is 33.2 Å². The predicted octanol–water partition coefficient (Wildman–Crippen LogP) is 1.84. The van der Waals surface area contributed by atoms with Crippen molar-refractivity contribution >= 4 is 5.91 Å². The summed E-state index contributed by atoms with van der Waals surface area (Å²) in [6.45, 7) is 9.31. The van der Waals surface area contributed by atoms with E-state index >= 15 is 0 Å². The molecule has 0 aliphatic carbocycles. The number of hydrogen-bond acceptors (Lipinski definition) is 4. The summed E-state index contributed by atoms with van der Waals surface area (Å²) in [5, 5.41) is 9.31. The molecule has 1 unspecified atom stereocenters. The van der Waals surface area contributed by atoms with Crippen molar-refractivity contribution in [2.75, 3.05) is 39.9 Å². The average Bonchev–Trinajstić information content (AvgIpc) is 2.79. The fourth-order valence-corrected chi connectivity index (χ4v) is 3.28. The lowest BCUT2D eigenvalue weighted by molar-refractivity contribution is 0.0754. The van der Waals surface area contributed by atoms with Crippen LogP contribution in [0.3, 0.4) is 0 Å². The van der Waals surface area contributed by atoms with Crippen molar-refractivity contribution in [1.82, 2.24) is 9.80 Å². The molecule has 1 aromatic rings. The lowest BCUT2D eigenvalue weighted by Crippen LogP contribution is -2.39. The Kier molecular flexibility index (Phi) is 6.02. The number of amides is 1. The summed E-state index contributed by atoms with van der Waals surface area (Å²) >= 11 is 0. The van der Waals surface area contributed by atoms with Gasteiger partial charge in [0.1, 0.15) is 5.75 Å². The van der Waals surface area contributed by atoms with Crippen molar-refractivity contribution in [2.24, 2.45) is 0 Å². The Bertz CT molecular complexity index is 536. The first-order valence-corrected chi connectivity index (χ1v) is 8.27. The quantitative estimate of drug-likeness (QED) is 0.920. The molecule has 1 aliphatic heterocycles. The number of carbonyl (C=O) groups is 1. The second-order valence-corrected chi connectivity index (χ2v) is 6.36. The molecule has 1 fully saturated rings. The summed E-state index contributed by atoms with van der Waals surface area (Å²) in [7, 11) is 1.66. The second kappa shape index (κ2) is 7.79. The van der Waals surface area contributed by atoms with Gasteiger partial charge in [-0.25, -0.2) is 0 Å². The van der Waals surface area contributed by atoms with E-state index in [4.69, 9.17) is 4.74 Å². The van der Waals surface area contributed by atoms with Gasteiger partial charge >= 0.3 is 0 Å². The number of nitrogens with zero attached hydrogens (tertiary/aromatic N) is 2. The van der Waals surface area contributed by atoms with Crippen molar-refractivity contribution in [3.8, 4) is 5.75 Å². The van der Waals surface area contributed by atoms with E-state index in [9.17, 15) is 9.90 Å². The highest BCUT2D eigenvalue weighted by atomic mass is 16.5. The first-order valence-electron chi connectivity index (χ1n) is 8.27. The number of benzene rings is 1. The number of aryl methyl sites for hydroxylation is 2. The molecule has 0 bridgehead atoms. The van der Waals surface area contributed by atoms with Gasteiger partial charge in [0.2, 0.25) is 0 Å². The normalized spacial score (nSPS) is 17.7. The maximum Gasteiger partial charge on any atom is 0.253 e. The van der Waals surface area contributed by atoms with Crippen LogP contribution < -0.4 is 4.74 Å². The van der Waals surface area contributed by atoms with Gasteiger partial charge in [-0.2, -0.15) is 0 Å². The van der Waals surface area contributed by atoms with Gasteiger partial charge in [0, 0.05) is 37.8 Å². The lowest BCUT2D eigenvalue weighted by Gasteiger charge is -2.26. The molecule has 1 heterocycles. The highest BCUT2D eigenvalue weighted by Gasteiger charge is 2.23. The highest BCUT2D eigenvalue weighted by molar-refractivity contribution is 5.95. The van der Waals surface area contributed by atoms with Gasteiger partial charge in [0.25, 0.3) is 5.91 Å². The van der Waals surface area contributed by atoms with E-state index in [1.54, 1.807) is 7.11 Å². The molecule has 23 heavy (non-hydrogen) atoms. The first kappa shape index (κ1) is 17.8. The number of rotatable bonds is 4. The van der Waals surface area contributed by atoms with Crippen molar-refractivity contribution < 1.29 is 14.6 Å². The van der Waals surface area contributed by atoms with Crippen LogP contribution in [0.15, 0.2) is 12.1 Å². The number of ether oxygens (including phenoxy) is 1. The zero-order chi connectivity index (χ0) is 17.0. The van der Waals surface area contributed by atoms with Crippen LogP contribution in [0.4, 0.5) is 0 Å². The summed E-state index contributed by atoms with van der Waals surface area (Å²) in [5.74, 6) is 0.928. The molecule has 1 N–H and O–H groups in total. The smallest absolute Gasteiger partial charge is 0.253 e.